The second kappa shape index (κ2) is 5.85. The predicted octanol–water partition coefficient (Wildman–Crippen LogP) is 2.58. The molecule has 112 valence electrons. The summed E-state index contributed by atoms with van der Waals surface area (Å²) in [5.41, 5.74) is 2.52. The van der Waals surface area contributed by atoms with Crippen molar-refractivity contribution in [1.29, 1.82) is 0 Å². The van der Waals surface area contributed by atoms with Crippen LogP contribution in [0.4, 0.5) is 0 Å². The van der Waals surface area contributed by atoms with Crippen LogP contribution in [0.15, 0.2) is 42.7 Å². The molecule has 2 heterocycles. The van der Waals surface area contributed by atoms with Gasteiger partial charge in [0.15, 0.2) is 5.65 Å². The lowest BCUT2D eigenvalue weighted by atomic mass is 10.1. The minimum absolute atomic E-state index is 0.314. The molecule has 2 aromatic heterocycles. The van der Waals surface area contributed by atoms with Gasteiger partial charge in [0.05, 0.1) is 25.6 Å². The molecular weight excluding hydrogens is 282 g/mol. The van der Waals surface area contributed by atoms with E-state index in [1.807, 2.05) is 30.3 Å². The summed E-state index contributed by atoms with van der Waals surface area (Å²) in [5, 5.41) is 4.12. The zero-order valence-electron chi connectivity index (χ0n) is 12.3. The third-order valence-corrected chi connectivity index (χ3v) is 3.25. The number of carbonyl (C=O) groups excluding carboxylic acids is 1. The quantitative estimate of drug-likeness (QED) is 0.692. The van der Waals surface area contributed by atoms with E-state index in [1.54, 1.807) is 24.7 Å². The summed E-state index contributed by atoms with van der Waals surface area (Å²) in [6.07, 6.45) is 3.24. The maximum atomic E-state index is 11.9. The highest BCUT2D eigenvalue weighted by atomic mass is 16.5. The van der Waals surface area contributed by atoms with Gasteiger partial charge in [-0.3, -0.25) is 0 Å². The number of rotatable bonds is 4. The van der Waals surface area contributed by atoms with Gasteiger partial charge in [0.25, 0.3) is 0 Å². The molecular formula is C16H15N3O3. The van der Waals surface area contributed by atoms with Crippen molar-refractivity contribution in [3.05, 3.63) is 48.3 Å². The van der Waals surface area contributed by atoms with Gasteiger partial charge >= 0.3 is 5.97 Å². The summed E-state index contributed by atoms with van der Waals surface area (Å²) >= 11 is 0. The Kier molecular flexibility index (Phi) is 3.74. The number of aromatic nitrogens is 3. The molecule has 0 atom stereocenters. The van der Waals surface area contributed by atoms with Crippen molar-refractivity contribution in [3.63, 3.8) is 0 Å². The number of benzene rings is 1. The molecule has 0 fully saturated rings. The standard InChI is InChI=1S/C16H15N3O3/c1-3-22-16(20)13-10-17-19-9-8-14(18-15(13)19)11-4-6-12(21-2)7-5-11/h4-10H,3H2,1-2H3. The molecule has 0 radical (unpaired) electrons. The molecule has 0 saturated carbocycles. The molecule has 0 bridgehead atoms. The summed E-state index contributed by atoms with van der Waals surface area (Å²) in [6, 6.07) is 9.40. The normalized spacial score (nSPS) is 10.6. The topological polar surface area (TPSA) is 65.7 Å². The summed E-state index contributed by atoms with van der Waals surface area (Å²) in [4.78, 5) is 16.4. The average molecular weight is 297 g/mol. The van der Waals surface area contributed by atoms with Gasteiger partial charge < -0.3 is 9.47 Å². The highest BCUT2D eigenvalue weighted by molar-refractivity contribution is 5.95. The van der Waals surface area contributed by atoms with Crippen molar-refractivity contribution < 1.29 is 14.3 Å². The van der Waals surface area contributed by atoms with E-state index in [0.717, 1.165) is 17.0 Å². The molecule has 0 N–H and O–H groups in total. The molecule has 1 aromatic carbocycles. The molecule has 0 aliphatic carbocycles. The monoisotopic (exact) mass is 297 g/mol. The molecule has 0 aliphatic rings. The van der Waals surface area contributed by atoms with Crippen LogP contribution in [0.3, 0.4) is 0 Å². The Balaban J connectivity index is 2.04. The first-order valence-corrected chi connectivity index (χ1v) is 6.89. The number of methoxy groups -OCH3 is 1. The van der Waals surface area contributed by atoms with Crippen LogP contribution in [-0.2, 0) is 4.74 Å². The summed E-state index contributed by atoms with van der Waals surface area (Å²) in [5.74, 6) is 0.360. The first kappa shape index (κ1) is 14.1. The second-order valence-electron chi connectivity index (χ2n) is 4.59. The third-order valence-electron chi connectivity index (χ3n) is 3.25. The molecule has 22 heavy (non-hydrogen) atoms. The van der Waals surface area contributed by atoms with Gasteiger partial charge in [0.1, 0.15) is 11.3 Å². The van der Waals surface area contributed by atoms with Crippen molar-refractivity contribution in [1.82, 2.24) is 14.6 Å². The van der Waals surface area contributed by atoms with Crippen molar-refractivity contribution in [2.75, 3.05) is 13.7 Å². The lowest BCUT2D eigenvalue weighted by molar-refractivity contribution is 0.0528. The lowest BCUT2D eigenvalue weighted by Gasteiger charge is -2.04. The van der Waals surface area contributed by atoms with E-state index in [4.69, 9.17) is 9.47 Å². The Labute approximate surface area is 127 Å². The highest BCUT2D eigenvalue weighted by Gasteiger charge is 2.15. The maximum Gasteiger partial charge on any atom is 0.343 e. The van der Waals surface area contributed by atoms with Gasteiger partial charge in [-0.15, -0.1) is 0 Å². The van der Waals surface area contributed by atoms with Gasteiger partial charge in [0.2, 0.25) is 0 Å². The Bertz CT molecular complexity index is 809. The van der Waals surface area contributed by atoms with Crippen LogP contribution in [0.1, 0.15) is 17.3 Å². The van der Waals surface area contributed by atoms with Crippen LogP contribution in [-0.4, -0.2) is 34.3 Å². The first-order chi connectivity index (χ1) is 10.7. The van der Waals surface area contributed by atoms with E-state index < -0.39 is 5.97 Å². The summed E-state index contributed by atoms with van der Waals surface area (Å²) in [6.45, 7) is 2.08. The van der Waals surface area contributed by atoms with E-state index in [0.29, 0.717) is 17.8 Å². The van der Waals surface area contributed by atoms with Crippen LogP contribution >= 0.6 is 0 Å². The van der Waals surface area contributed by atoms with Gasteiger partial charge in [-0.05, 0) is 37.3 Å². The van der Waals surface area contributed by atoms with E-state index in [-0.39, 0.29) is 0 Å². The Morgan fingerprint density at radius 1 is 1.23 bits per heavy atom. The molecule has 0 saturated heterocycles. The van der Waals surface area contributed by atoms with E-state index >= 15 is 0 Å². The maximum absolute atomic E-state index is 11.9. The van der Waals surface area contributed by atoms with Gasteiger partial charge in [-0.25, -0.2) is 14.3 Å². The number of ether oxygens (including phenoxy) is 2. The minimum Gasteiger partial charge on any atom is -0.497 e. The van der Waals surface area contributed by atoms with Crippen molar-refractivity contribution in [2.45, 2.75) is 6.92 Å². The number of esters is 1. The number of nitrogens with zero attached hydrogens (tertiary/aromatic N) is 3. The third kappa shape index (κ3) is 2.50. The van der Waals surface area contributed by atoms with Crippen LogP contribution in [0.2, 0.25) is 0 Å². The Morgan fingerprint density at radius 3 is 2.68 bits per heavy atom. The van der Waals surface area contributed by atoms with Crippen LogP contribution in [0, 0.1) is 0 Å². The van der Waals surface area contributed by atoms with Crippen molar-refractivity contribution >= 4 is 11.6 Å². The smallest absolute Gasteiger partial charge is 0.343 e. The van der Waals surface area contributed by atoms with Crippen LogP contribution < -0.4 is 4.74 Å². The van der Waals surface area contributed by atoms with Crippen molar-refractivity contribution in [2.24, 2.45) is 0 Å². The van der Waals surface area contributed by atoms with Crippen LogP contribution in [0.5, 0.6) is 5.75 Å². The molecule has 0 spiro atoms. The second-order valence-corrected chi connectivity index (χ2v) is 4.59. The average Bonchev–Trinajstić information content (AvgIpc) is 2.98. The molecule has 6 heteroatoms. The Morgan fingerprint density at radius 2 is 2.00 bits per heavy atom. The summed E-state index contributed by atoms with van der Waals surface area (Å²) < 4.78 is 11.7. The van der Waals surface area contributed by atoms with E-state index in [1.165, 1.54) is 6.20 Å². The summed E-state index contributed by atoms with van der Waals surface area (Å²) in [7, 11) is 1.62. The van der Waals surface area contributed by atoms with Crippen molar-refractivity contribution in [3.8, 4) is 17.0 Å². The molecule has 6 nitrogen and oxygen atoms in total. The molecule has 0 unspecified atom stereocenters. The zero-order valence-corrected chi connectivity index (χ0v) is 12.3. The minimum atomic E-state index is -0.420. The number of fused-ring (bicyclic) bond motifs is 1. The number of hydrogen-bond donors (Lipinski definition) is 0. The molecule has 3 aromatic rings. The fourth-order valence-corrected chi connectivity index (χ4v) is 2.14. The first-order valence-electron chi connectivity index (χ1n) is 6.89. The Hall–Kier alpha value is -2.89. The largest absolute Gasteiger partial charge is 0.497 e. The van der Waals surface area contributed by atoms with E-state index in [2.05, 4.69) is 10.1 Å². The number of hydrogen-bond acceptors (Lipinski definition) is 5. The predicted molar refractivity (Wildman–Crippen MR) is 80.9 cm³/mol. The molecule has 0 aliphatic heterocycles. The highest BCUT2D eigenvalue weighted by Crippen LogP contribution is 2.22. The van der Waals surface area contributed by atoms with Gasteiger partial charge in [-0.2, -0.15) is 5.10 Å². The SMILES string of the molecule is CCOC(=O)c1cnn2ccc(-c3ccc(OC)cc3)nc12. The van der Waals surface area contributed by atoms with E-state index in [9.17, 15) is 4.79 Å². The fourth-order valence-electron chi connectivity index (χ4n) is 2.14. The van der Waals surface area contributed by atoms with Gasteiger partial charge in [0, 0.05) is 11.8 Å². The van der Waals surface area contributed by atoms with Gasteiger partial charge in [-0.1, -0.05) is 0 Å². The molecule has 0 amide bonds. The molecule has 3 rings (SSSR count). The zero-order chi connectivity index (χ0) is 15.5. The lowest BCUT2D eigenvalue weighted by Crippen LogP contribution is -2.05. The number of carbonyl (C=O) groups is 1. The fraction of sp³-hybridized carbons (Fsp3) is 0.188. The van der Waals surface area contributed by atoms with Crippen LogP contribution in [0.25, 0.3) is 16.9 Å².